The molecule has 0 radical (unpaired) electrons. The summed E-state index contributed by atoms with van der Waals surface area (Å²) in [6, 6.07) is 11.1. The van der Waals surface area contributed by atoms with E-state index in [2.05, 4.69) is 27.9 Å². The highest BCUT2D eigenvalue weighted by Gasteiger charge is 2.24. The maximum absolute atomic E-state index is 9.42. The quantitative estimate of drug-likeness (QED) is 0.759. The molecule has 0 aliphatic carbocycles. The third-order valence-electron chi connectivity index (χ3n) is 3.04. The van der Waals surface area contributed by atoms with Crippen LogP contribution in [0.1, 0.15) is 11.6 Å². The molecule has 2 N–H and O–H groups in total. The minimum atomic E-state index is 0.0492. The zero-order chi connectivity index (χ0) is 13.4. The minimum Gasteiger partial charge on any atom is -0.508 e. The van der Waals surface area contributed by atoms with Gasteiger partial charge in [-0.15, -0.1) is 0 Å². The summed E-state index contributed by atoms with van der Waals surface area (Å²) in [4.78, 5) is 0. The number of fused-ring (bicyclic) bond motifs is 1. The fraction of sp³-hybridized carbons (Fsp3) is 0.143. The molecule has 0 saturated carbocycles. The van der Waals surface area contributed by atoms with E-state index in [1.165, 1.54) is 0 Å². The lowest BCUT2D eigenvalue weighted by Crippen LogP contribution is -2.12. The van der Waals surface area contributed by atoms with Crippen LogP contribution in [0, 0.1) is 3.57 Å². The van der Waals surface area contributed by atoms with Crippen LogP contribution < -0.4 is 10.1 Å². The van der Waals surface area contributed by atoms with Gasteiger partial charge in [0, 0.05) is 15.2 Å². The number of nitrogens with one attached hydrogen (secondary N) is 1. The van der Waals surface area contributed by atoms with Crippen LogP contribution in [0.5, 0.6) is 11.5 Å². The summed E-state index contributed by atoms with van der Waals surface area (Å²) >= 11 is 8.44. The first-order valence-corrected chi connectivity index (χ1v) is 7.26. The van der Waals surface area contributed by atoms with E-state index in [-0.39, 0.29) is 11.8 Å². The Labute approximate surface area is 129 Å². The Bertz CT molecular complexity index is 633. The van der Waals surface area contributed by atoms with Gasteiger partial charge in [0.25, 0.3) is 0 Å². The smallest absolute Gasteiger partial charge is 0.128 e. The summed E-state index contributed by atoms with van der Waals surface area (Å²) in [6.45, 7) is 0.529. The van der Waals surface area contributed by atoms with Crippen LogP contribution >= 0.6 is 34.2 Å². The van der Waals surface area contributed by atoms with Crippen molar-refractivity contribution in [1.29, 1.82) is 0 Å². The summed E-state index contributed by atoms with van der Waals surface area (Å²) in [6.07, 6.45) is 0. The predicted molar refractivity (Wildman–Crippen MR) is 84.1 cm³/mol. The third-order valence-corrected chi connectivity index (χ3v) is 4.02. The highest BCUT2D eigenvalue weighted by molar-refractivity contribution is 14.1. The second-order valence-electron chi connectivity index (χ2n) is 4.35. The van der Waals surface area contributed by atoms with Gasteiger partial charge in [0.2, 0.25) is 0 Å². The number of aromatic hydroxyl groups is 1. The van der Waals surface area contributed by atoms with Crippen molar-refractivity contribution in [2.45, 2.75) is 6.04 Å². The number of anilines is 1. The van der Waals surface area contributed by atoms with E-state index in [0.29, 0.717) is 11.6 Å². The van der Waals surface area contributed by atoms with E-state index in [0.717, 1.165) is 20.6 Å². The molecule has 1 aliphatic heterocycles. The minimum absolute atomic E-state index is 0.0492. The molecule has 0 bridgehead atoms. The number of phenols is 1. The first-order valence-electron chi connectivity index (χ1n) is 5.81. The Kier molecular flexibility index (Phi) is 3.45. The van der Waals surface area contributed by atoms with Gasteiger partial charge in [0.1, 0.15) is 18.1 Å². The molecular formula is C14H11ClINO2. The Hall–Kier alpha value is -1.14. The number of phenolic OH excluding ortho intramolecular Hbond substituents is 1. The Morgan fingerprint density at radius 3 is 2.89 bits per heavy atom. The second-order valence-corrected chi connectivity index (χ2v) is 6.01. The van der Waals surface area contributed by atoms with Crippen molar-refractivity contribution in [2.24, 2.45) is 0 Å². The number of halogens is 2. The highest BCUT2D eigenvalue weighted by Crippen LogP contribution is 2.37. The van der Waals surface area contributed by atoms with Crippen molar-refractivity contribution in [3.8, 4) is 11.5 Å². The maximum Gasteiger partial charge on any atom is 0.128 e. The lowest BCUT2D eigenvalue weighted by Gasteiger charge is -2.14. The average molecular weight is 388 g/mol. The fourth-order valence-electron chi connectivity index (χ4n) is 2.11. The van der Waals surface area contributed by atoms with Crippen molar-refractivity contribution >= 4 is 39.9 Å². The molecule has 2 aromatic carbocycles. The van der Waals surface area contributed by atoms with Crippen molar-refractivity contribution in [2.75, 3.05) is 11.9 Å². The molecule has 5 heteroatoms. The van der Waals surface area contributed by atoms with Crippen LogP contribution in [0.15, 0.2) is 36.4 Å². The van der Waals surface area contributed by atoms with Gasteiger partial charge in [-0.3, -0.25) is 0 Å². The number of hydrogen-bond acceptors (Lipinski definition) is 3. The fourth-order valence-corrected chi connectivity index (χ4v) is 3.02. The summed E-state index contributed by atoms with van der Waals surface area (Å²) in [5.74, 6) is 0.936. The van der Waals surface area contributed by atoms with E-state index in [9.17, 15) is 5.11 Å². The van der Waals surface area contributed by atoms with Crippen molar-refractivity contribution < 1.29 is 9.84 Å². The van der Waals surface area contributed by atoms with Gasteiger partial charge in [-0.05, 0) is 52.9 Å². The molecule has 1 aliphatic rings. The van der Waals surface area contributed by atoms with Crippen LogP contribution in [0.2, 0.25) is 5.02 Å². The van der Waals surface area contributed by atoms with Crippen LogP contribution in [0.25, 0.3) is 0 Å². The molecule has 3 nitrogen and oxygen atoms in total. The van der Waals surface area contributed by atoms with E-state index < -0.39 is 0 Å². The van der Waals surface area contributed by atoms with Crippen molar-refractivity contribution in [3.63, 3.8) is 0 Å². The van der Waals surface area contributed by atoms with Crippen LogP contribution in [-0.2, 0) is 0 Å². The third kappa shape index (κ3) is 2.60. The van der Waals surface area contributed by atoms with Gasteiger partial charge >= 0.3 is 0 Å². The molecule has 0 saturated heterocycles. The molecule has 3 rings (SSSR count). The first-order chi connectivity index (χ1) is 9.13. The predicted octanol–water partition coefficient (Wildman–Crippen LogP) is 4.20. The molecule has 2 aromatic rings. The Balaban J connectivity index is 1.86. The molecule has 98 valence electrons. The van der Waals surface area contributed by atoms with Crippen LogP contribution in [-0.4, -0.2) is 11.7 Å². The van der Waals surface area contributed by atoms with Gasteiger partial charge in [-0.1, -0.05) is 11.6 Å². The largest absolute Gasteiger partial charge is 0.508 e. The first kappa shape index (κ1) is 12.9. The SMILES string of the molecule is Oc1ccc2c(c1)OCC2Nc1ccc(I)cc1Cl. The lowest BCUT2D eigenvalue weighted by molar-refractivity contribution is 0.338. The van der Waals surface area contributed by atoms with Crippen LogP contribution in [0.4, 0.5) is 5.69 Å². The van der Waals surface area contributed by atoms with Crippen LogP contribution in [0.3, 0.4) is 0 Å². The number of hydrogen-bond donors (Lipinski definition) is 2. The number of benzene rings is 2. The maximum atomic E-state index is 9.42. The van der Waals surface area contributed by atoms with Gasteiger partial charge < -0.3 is 15.2 Å². The Morgan fingerprint density at radius 1 is 1.26 bits per heavy atom. The van der Waals surface area contributed by atoms with Crippen molar-refractivity contribution in [3.05, 3.63) is 50.6 Å². The molecule has 1 heterocycles. The summed E-state index contributed by atoms with van der Waals surface area (Å²) in [7, 11) is 0. The standard InChI is InChI=1S/C14H11ClINO2/c15-11-5-8(16)1-4-12(11)17-13-7-19-14-6-9(18)2-3-10(13)14/h1-6,13,17-18H,7H2. The van der Waals surface area contributed by atoms with Gasteiger partial charge in [-0.2, -0.15) is 0 Å². The molecule has 1 atom stereocenters. The molecule has 0 fully saturated rings. The lowest BCUT2D eigenvalue weighted by atomic mass is 10.1. The molecule has 19 heavy (non-hydrogen) atoms. The van der Waals surface area contributed by atoms with E-state index in [1.807, 2.05) is 24.3 Å². The highest BCUT2D eigenvalue weighted by atomic mass is 127. The summed E-state index contributed by atoms with van der Waals surface area (Å²) in [5.41, 5.74) is 1.92. The Morgan fingerprint density at radius 2 is 2.11 bits per heavy atom. The van der Waals surface area contributed by atoms with Gasteiger partial charge in [0.15, 0.2) is 0 Å². The zero-order valence-electron chi connectivity index (χ0n) is 9.86. The molecule has 1 unspecified atom stereocenters. The second kappa shape index (κ2) is 5.09. The van der Waals surface area contributed by atoms with Gasteiger partial charge in [0.05, 0.1) is 16.8 Å². The van der Waals surface area contributed by atoms with Crippen molar-refractivity contribution in [1.82, 2.24) is 0 Å². The average Bonchev–Trinajstić information content (AvgIpc) is 2.75. The molecule has 0 aromatic heterocycles. The number of ether oxygens (including phenoxy) is 1. The van der Waals surface area contributed by atoms with Gasteiger partial charge in [-0.25, -0.2) is 0 Å². The summed E-state index contributed by atoms with van der Waals surface area (Å²) < 4.78 is 6.66. The van der Waals surface area contributed by atoms with E-state index in [4.69, 9.17) is 16.3 Å². The van der Waals surface area contributed by atoms with E-state index >= 15 is 0 Å². The molecular weight excluding hydrogens is 377 g/mol. The zero-order valence-corrected chi connectivity index (χ0v) is 12.8. The normalized spacial score (nSPS) is 16.8. The molecule has 0 spiro atoms. The monoisotopic (exact) mass is 387 g/mol. The number of rotatable bonds is 2. The topological polar surface area (TPSA) is 41.5 Å². The molecule has 0 amide bonds. The summed E-state index contributed by atoms with van der Waals surface area (Å²) in [5, 5.41) is 13.5. The van der Waals surface area contributed by atoms with E-state index in [1.54, 1.807) is 12.1 Å².